The fourth-order valence-corrected chi connectivity index (χ4v) is 2.63. The highest BCUT2D eigenvalue weighted by atomic mass is 16.6. The van der Waals surface area contributed by atoms with Gasteiger partial charge in [0.2, 0.25) is 5.91 Å². The highest BCUT2D eigenvalue weighted by Gasteiger charge is 2.45. The normalized spacial score (nSPS) is 27.2. The molecule has 0 aliphatic carbocycles. The number of hydrogen-bond donors (Lipinski definition) is 2. The van der Waals surface area contributed by atoms with Crippen molar-refractivity contribution in [2.45, 2.75) is 57.8 Å². The highest BCUT2D eigenvalue weighted by molar-refractivity contribution is 5.87. The van der Waals surface area contributed by atoms with E-state index < -0.39 is 30.2 Å². The third kappa shape index (κ3) is 4.63. The van der Waals surface area contributed by atoms with Gasteiger partial charge in [-0.3, -0.25) is 9.36 Å². The van der Waals surface area contributed by atoms with Gasteiger partial charge in [-0.25, -0.2) is 4.79 Å². The summed E-state index contributed by atoms with van der Waals surface area (Å²) in [7, 11) is 1.57. The number of carbonyl (C=O) groups excluding carboxylic acids is 1. The van der Waals surface area contributed by atoms with Gasteiger partial charge in [0.05, 0.1) is 18.8 Å². The Bertz CT molecular complexity index is 649. The molecule has 0 bridgehead atoms. The molecule has 2 heterocycles. The second-order valence-electron chi connectivity index (χ2n) is 5.99. The molecule has 2 N–H and O–H groups in total. The average Bonchev–Trinajstić information content (AvgIpc) is 2.88. The minimum Gasteiger partial charge on any atom is -0.388 e. The average molecular weight is 355 g/mol. The van der Waals surface area contributed by atoms with Gasteiger partial charge in [-0.15, -0.1) is 0 Å². The van der Waals surface area contributed by atoms with E-state index >= 15 is 0 Å². The number of rotatable bonds is 7. The van der Waals surface area contributed by atoms with Gasteiger partial charge < -0.3 is 24.6 Å². The van der Waals surface area contributed by atoms with E-state index in [0.29, 0.717) is 6.42 Å². The number of aliphatic hydroxyl groups is 1. The van der Waals surface area contributed by atoms with Crippen LogP contribution in [0, 0.1) is 0 Å². The summed E-state index contributed by atoms with van der Waals surface area (Å²) in [5.41, 5.74) is -0.603. The highest BCUT2D eigenvalue weighted by Crippen LogP contribution is 2.32. The molecule has 0 aromatic carbocycles. The lowest BCUT2D eigenvalue weighted by molar-refractivity contribution is -0.114. The molecule has 0 saturated carbocycles. The molecule has 1 aliphatic rings. The van der Waals surface area contributed by atoms with E-state index in [0.717, 1.165) is 0 Å². The predicted molar refractivity (Wildman–Crippen MR) is 89.2 cm³/mol. The molecule has 1 saturated heterocycles. The summed E-state index contributed by atoms with van der Waals surface area (Å²) in [5.74, 6) is -0.164. The minimum atomic E-state index is -0.874. The summed E-state index contributed by atoms with van der Waals surface area (Å²) in [6, 6.07) is 1.49. The van der Waals surface area contributed by atoms with Crippen LogP contribution in [0.5, 0.6) is 0 Å². The largest absolute Gasteiger partial charge is 0.388 e. The van der Waals surface area contributed by atoms with Crippen molar-refractivity contribution in [2.75, 3.05) is 19.0 Å². The van der Waals surface area contributed by atoms with Crippen molar-refractivity contribution >= 4 is 11.7 Å². The Morgan fingerprint density at radius 1 is 1.56 bits per heavy atom. The van der Waals surface area contributed by atoms with Crippen LogP contribution in [0.2, 0.25) is 0 Å². The number of anilines is 1. The molecule has 140 valence electrons. The Balaban J connectivity index is 2.24. The topological polar surface area (TPSA) is 112 Å². The van der Waals surface area contributed by atoms with Crippen LogP contribution >= 0.6 is 0 Å². The Morgan fingerprint density at radius 3 is 2.84 bits per heavy atom. The molecule has 2 unspecified atom stereocenters. The zero-order chi connectivity index (χ0) is 18.6. The molecule has 5 atom stereocenters. The number of carbonyl (C=O) groups is 1. The van der Waals surface area contributed by atoms with Gasteiger partial charge in [-0.2, -0.15) is 4.98 Å². The number of amides is 1. The van der Waals surface area contributed by atoms with Crippen LogP contribution < -0.4 is 11.0 Å². The van der Waals surface area contributed by atoms with E-state index in [2.05, 4.69) is 10.3 Å². The van der Waals surface area contributed by atoms with Crippen LogP contribution in [-0.4, -0.2) is 58.7 Å². The Hall–Kier alpha value is -1.81. The van der Waals surface area contributed by atoms with Crippen molar-refractivity contribution in [2.24, 2.45) is 0 Å². The smallest absolute Gasteiger partial charge is 0.351 e. The fraction of sp³-hybridized carbons (Fsp3) is 0.688. The molecule has 1 aromatic rings. The summed E-state index contributed by atoms with van der Waals surface area (Å²) in [4.78, 5) is 27.2. The van der Waals surface area contributed by atoms with Gasteiger partial charge in [-0.05, 0) is 19.4 Å². The van der Waals surface area contributed by atoms with Crippen LogP contribution in [-0.2, 0) is 19.0 Å². The van der Waals surface area contributed by atoms with Crippen LogP contribution in [0.1, 0.15) is 33.4 Å². The molecule has 25 heavy (non-hydrogen) atoms. The second kappa shape index (κ2) is 8.52. The van der Waals surface area contributed by atoms with Crippen LogP contribution in [0.15, 0.2) is 17.1 Å². The van der Waals surface area contributed by atoms with E-state index in [1.54, 1.807) is 7.11 Å². The van der Waals surface area contributed by atoms with E-state index in [-0.39, 0.29) is 24.4 Å². The molecular formula is C16H25N3O6. The number of nitrogens with zero attached hydrogens (tertiary/aromatic N) is 2. The molecule has 9 nitrogen and oxygen atoms in total. The van der Waals surface area contributed by atoms with Gasteiger partial charge in [-0.1, -0.05) is 6.92 Å². The number of ether oxygens (including phenoxy) is 3. The van der Waals surface area contributed by atoms with Crippen molar-refractivity contribution in [1.29, 1.82) is 0 Å². The Morgan fingerprint density at radius 2 is 2.28 bits per heavy atom. The van der Waals surface area contributed by atoms with Gasteiger partial charge in [0, 0.05) is 20.2 Å². The maximum absolute atomic E-state index is 12.3. The van der Waals surface area contributed by atoms with Crippen molar-refractivity contribution < 1.29 is 24.1 Å². The SMILES string of the molecule is CC[C@H]1O[C@@H](n2ccc(NC(C)=O)nc2=O)[C@@H](OCC(C)OC)C1O. The zero-order valence-corrected chi connectivity index (χ0v) is 14.8. The van der Waals surface area contributed by atoms with Crippen molar-refractivity contribution in [3.05, 3.63) is 22.7 Å². The molecular weight excluding hydrogens is 330 g/mol. The lowest BCUT2D eigenvalue weighted by Gasteiger charge is -2.23. The molecule has 0 radical (unpaired) electrons. The van der Waals surface area contributed by atoms with Crippen molar-refractivity contribution in [1.82, 2.24) is 9.55 Å². The van der Waals surface area contributed by atoms with E-state index in [9.17, 15) is 14.7 Å². The van der Waals surface area contributed by atoms with Gasteiger partial charge in [0.15, 0.2) is 6.23 Å². The first kappa shape index (κ1) is 19.5. The lowest BCUT2D eigenvalue weighted by Crippen LogP contribution is -2.39. The molecule has 1 fully saturated rings. The van der Waals surface area contributed by atoms with Crippen LogP contribution in [0.3, 0.4) is 0 Å². The number of nitrogens with one attached hydrogen (secondary N) is 1. The molecule has 9 heteroatoms. The Labute approximate surface area is 145 Å². The number of methoxy groups -OCH3 is 1. The first-order chi connectivity index (χ1) is 11.9. The van der Waals surface area contributed by atoms with E-state index in [4.69, 9.17) is 14.2 Å². The molecule has 1 aromatic heterocycles. The van der Waals surface area contributed by atoms with Gasteiger partial charge in [0.1, 0.15) is 18.0 Å². The van der Waals surface area contributed by atoms with E-state index in [1.807, 2.05) is 13.8 Å². The van der Waals surface area contributed by atoms with Crippen molar-refractivity contribution in [3.63, 3.8) is 0 Å². The molecule has 2 rings (SSSR count). The second-order valence-corrected chi connectivity index (χ2v) is 5.99. The summed E-state index contributed by atoms with van der Waals surface area (Å²) in [5, 5.41) is 12.9. The first-order valence-corrected chi connectivity index (χ1v) is 8.22. The molecule has 0 spiro atoms. The van der Waals surface area contributed by atoms with Crippen molar-refractivity contribution in [3.8, 4) is 0 Å². The van der Waals surface area contributed by atoms with Crippen LogP contribution in [0.4, 0.5) is 5.82 Å². The third-order valence-electron chi connectivity index (χ3n) is 4.05. The summed E-state index contributed by atoms with van der Waals surface area (Å²) in [6.07, 6.45) is -0.985. The maximum atomic E-state index is 12.3. The molecule has 1 amide bonds. The Kier molecular flexibility index (Phi) is 6.65. The summed E-state index contributed by atoms with van der Waals surface area (Å²) >= 11 is 0. The van der Waals surface area contributed by atoms with Crippen LogP contribution in [0.25, 0.3) is 0 Å². The van der Waals surface area contributed by atoms with Gasteiger partial charge >= 0.3 is 5.69 Å². The van der Waals surface area contributed by atoms with Gasteiger partial charge in [0.25, 0.3) is 0 Å². The summed E-state index contributed by atoms with van der Waals surface area (Å²) < 4.78 is 18.0. The number of aliphatic hydroxyl groups excluding tert-OH is 1. The summed E-state index contributed by atoms with van der Waals surface area (Å²) in [6.45, 7) is 5.30. The number of hydrogen-bond acceptors (Lipinski definition) is 7. The first-order valence-electron chi connectivity index (χ1n) is 8.22. The van der Waals surface area contributed by atoms with E-state index in [1.165, 1.54) is 23.8 Å². The number of aromatic nitrogens is 2. The quantitative estimate of drug-likeness (QED) is 0.723. The monoisotopic (exact) mass is 355 g/mol. The standard InChI is InChI=1S/C16H25N3O6/c1-5-11-13(21)14(24-8-9(2)23-4)15(25-11)19-7-6-12(17-10(3)20)18-16(19)22/h6-7,9,11,13-15,21H,5,8H2,1-4H3,(H,17,18,20,22)/t9?,11-,13?,14+,15-/m1/s1. The fourth-order valence-electron chi connectivity index (χ4n) is 2.63. The lowest BCUT2D eigenvalue weighted by atomic mass is 10.1. The minimum absolute atomic E-state index is 0.157. The zero-order valence-electron chi connectivity index (χ0n) is 14.8. The maximum Gasteiger partial charge on any atom is 0.351 e. The predicted octanol–water partition coefficient (Wildman–Crippen LogP) is 0.290. The molecule has 1 aliphatic heterocycles. The third-order valence-corrected chi connectivity index (χ3v) is 4.05.